The summed E-state index contributed by atoms with van der Waals surface area (Å²) in [6.45, 7) is 6.13. The summed E-state index contributed by atoms with van der Waals surface area (Å²) in [5.41, 5.74) is 1.52. The lowest BCUT2D eigenvalue weighted by atomic mass is 9.95. The third-order valence-corrected chi connectivity index (χ3v) is 6.31. The molecular weight excluding hydrogens is 397 g/mol. The van der Waals surface area contributed by atoms with Gasteiger partial charge in [0.25, 0.3) is 5.78 Å². The van der Waals surface area contributed by atoms with Gasteiger partial charge in [-0.15, -0.1) is 0 Å². The number of carbonyl (C=O) groups excluding carboxylic acids is 1. The molecule has 0 aliphatic carbocycles. The van der Waals surface area contributed by atoms with Crippen LogP contribution >= 0.6 is 0 Å². The van der Waals surface area contributed by atoms with Crippen molar-refractivity contribution in [2.24, 2.45) is 5.92 Å². The van der Waals surface area contributed by atoms with Crippen LogP contribution in [-0.4, -0.2) is 69.7 Å². The fourth-order valence-corrected chi connectivity index (χ4v) is 4.63. The van der Waals surface area contributed by atoms with Crippen LogP contribution in [0.2, 0.25) is 0 Å². The zero-order valence-electron chi connectivity index (χ0n) is 17.6. The van der Waals surface area contributed by atoms with Crippen LogP contribution in [0.25, 0.3) is 5.78 Å². The molecule has 1 aromatic carbocycles. The summed E-state index contributed by atoms with van der Waals surface area (Å²) >= 11 is 0. The lowest BCUT2D eigenvalue weighted by Crippen LogP contribution is -2.52. The molecule has 9 heteroatoms. The molecule has 2 fully saturated rings. The number of benzene rings is 1. The van der Waals surface area contributed by atoms with Gasteiger partial charge >= 0.3 is 0 Å². The number of hydrogen-bond acceptors (Lipinski definition) is 6. The Hall–Kier alpha value is -3.23. The van der Waals surface area contributed by atoms with Gasteiger partial charge in [0.15, 0.2) is 0 Å². The van der Waals surface area contributed by atoms with Crippen molar-refractivity contribution >= 4 is 23.2 Å². The number of fused-ring (bicyclic) bond motifs is 1. The number of rotatable bonds is 3. The summed E-state index contributed by atoms with van der Waals surface area (Å²) in [5, 5.41) is 4.30. The molecule has 4 heterocycles. The molecule has 0 bridgehead atoms. The van der Waals surface area contributed by atoms with E-state index in [0.29, 0.717) is 37.6 Å². The molecule has 1 amide bonds. The number of aromatic nitrogens is 4. The molecule has 0 radical (unpaired) electrons. The second-order valence-electron chi connectivity index (χ2n) is 8.25. The van der Waals surface area contributed by atoms with E-state index in [0.717, 1.165) is 37.4 Å². The quantitative estimate of drug-likeness (QED) is 0.643. The van der Waals surface area contributed by atoms with E-state index in [1.165, 1.54) is 12.4 Å². The van der Waals surface area contributed by atoms with Gasteiger partial charge in [0.2, 0.25) is 5.91 Å². The Morgan fingerprint density at radius 3 is 2.52 bits per heavy atom. The average Bonchev–Trinajstić information content (AvgIpc) is 3.27. The Balaban J connectivity index is 1.19. The predicted octanol–water partition coefficient (Wildman–Crippen LogP) is 2.14. The molecule has 2 aliphatic heterocycles. The minimum Gasteiger partial charge on any atom is -0.366 e. The fourth-order valence-electron chi connectivity index (χ4n) is 4.63. The monoisotopic (exact) mass is 423 g/mol. The normalized spacial score (nSPS) is 18.1. The molecule has 2 aromatic heterocycles. The van der Waals surface area contributed by atoms with E-state index in [1.807, 2.05) is 28.9 Å². The van der Waals surface area contributed by atoms with Crippen molar-refractivity contribution in [3.63, 3.8) is 0 Å². The van der Waals surface area contributed by atoms with E-state index in [9.17, 15) is 9.18 Å². The molecule has 0 spiro atoms. The van der Waals surface area contributed by atoms with E-state index in [2.05, 4.69) is 20.0 Å². The fraction of sp³-hybridized carbons (Fsp3) is 0.455. The minimum atomic E-state index is -0.206. The van der Waals surface area contributed by atoms with Gasteiger partial charge in [-0.05, 0) is 31.9 Å². The van der Waals surface area contributed by atoms with Crippen LogP contribution in [0.1, 0.15) is 18.5 Å². The number of aryl methyl sites for hydroxylation is 1. The van der Waals surface area contributed by atoms with Crippen molar-refractivity contribution in [2.75, 3.05) is 49.1 Å². The average molecular weight is 423 g/mol. The van der Waals surface area contributed by atoms with Gasteiger partial charge in [0.1, 0.15) is 18.0 Å². The van der Waals surface area contributed by atoms with Crippen molar-refractivity contribution in [1.82, 2.24) is 24.5 Å². The van der Waals surface area contributed by atoms with E-state index in [-0.39, 0.29) is 17.6 Å². The SMILES string of the molecule is Cc1cc(N2CCC(C(=O)N3CCN(c4ccccc4F)CC3)CC2)n2ncnc2n1. The number of piperazine rings is 1. The summed E-state index contributed by atoms with van der Waals surface area (Å²) in [4.78, 5) is 27.9. The van der Waals surface area contributed by atoms with E-state index in [1.54, 1.807) is 16.6 Å². The Morgan fingerprint density at radius 2 is 1.77 bits per heavy atom. The van der Waals surface area contributed by atoms with Crippen LogP contribution in [0.15, 0.2) is 36.7 Å². The van der Waals surface area contributed by atoms with Crippen molar-refractivity contribution in [1.29, 1.82) is 0 Å². The number of piperidine rings is 1. The smallest absolute Gasteiger partial charge is 0.254 e. The van der Waals surface area contributed by atoms with Gasteiger partial charge in [-0.25, -0.2) is 9.37 Å². The summed E-state index contributed by atoms with van der Waals surface area (Å²) < 4.78 is 15.8. The molecule has 162 valence electrons. The highest BCUT2D eigenvalue weighted by Crippen LogP contribution is 2.26. The maximum absolute atomic E-state index is 14.1. The summed E-state index contributed by atoms with van der Waals surface area (Å²) in [6.07, 6.45) is 3.14. The molecule has 0 atom stereocenters. The van der Waals surface area contributed by atoms with Crippen molar-refractivity contribution in [3.05, 3.63) is 48.2 Å². The molecule has 31 heavy (non-hydrogen) atoms. The standard InChI is InChI=1S/C22H26FN7O/c1-16-14-20(30-22(26-16)24-15-25-30)28-8-6-17(7-9-28)21(31)29-12-10-27(11-13-29)19-5-3-2-4-18(19)23/h2-5,14-15,17H,6-13H2,1H3. The maximum Gasteiger partial charge on any atom is 0.254 e. The first kappa shape index (κ1) is 19.7. The lowest BCUT2D eigenvalue weighted by molar-refractivity contribution is -0.136. The van der Waals surface area contributed by atoms with Crippen LogP contribution in [-0.2, 0) is 4.79 Å². The lowest BCUT2D eigenvalue weighted by Gasteiger charge is -2.39. The van der Waals surface area contributed by atoms with Crippen LogP contribution in [0.5, 0.6) is 0 Å². The van der Waals surface area contributed by atoms with Crippen molar-refractivity contribution in [3.8, 4) is 0 Å². The largest absolute Gasteiger partial charge is 0.366 e. The topological polar surface area (TPSA) is 69.9 Å². The van der Waals surface area contributed by atoms with E-state index >= 15 is 0 Å². The Morgan fingerprint density at radius 1 is 1.03 bits per heavy atom. The molecular formula is C22H26FN7O. The van der Waals surface area contributed by atoms with Gasteiger partial charge in [0.05, 0.1) is 5.69 Å². The maximum atomic E-state index is 14.1. The second kappa shape index (κ2) is 8.13. The van der Waals surface area contributed by atoms with Crippen LogP contribution in [0.3, 0.4) is 0 Å². The van der Waals surface area contributed by atoms with E-state index < -0.39 is 0 Å². The second-order valence-corrected chi connectivity index (χ2v) is 8.25. The summed E-state index contributed by atoms with van der Waals surface area (Å²) in [5.74, 6) is 1.63. The minimum absolute atomic E-state index is 0.0328. The third kappa shape index (κ3) is 3.80. The Kier molecular flexibility index (Phi) is 5.17. The van der Waals surface area contributed by atoms with Crippen LogP contribution < -0.4 is 9.80 Å². The first-order valence-electron chi connectivity index (χ1n) is 10.8. The number of carbonyl (C=O) groups is 1. The number of halogens is 1. The number of hydrogen-bond donors (Lipinski definition) is 0. The molecule has 2 saturated heterocycles. The number of anilines is 2. The van der Waals surface area contributed by atoms with Gasteiger partial charge < -0.3 is 14.7 Å². The van der Waals surface area contributed by atoms with E-state index in [4.69, 9.17) is 0 Å². The number of para-hydroxylation sites is 1. The summed E-state index contributed by atoms with van der Waals surface area (Å²) in [7, 11) is 0. The Bertz CT molecular complexity index is 1080. The van der Waals surface area contributed by atoms with Gasteiger partial charge in [-0.2, -0.15) is 14.6 Å². The molecule has 0 N–H and O–H groups in total. The van der Waals surface area contributed by atoms with Crippen molar-refractivity contribution < 1.29 is 9.18 Å². The van der Waals surface area contributed by atoms with Crippen LogP contribution in [0.4, 0.5) is 15.9 Å². The van der Waals surface area contributed by atoms with Gasteiger partial charge in [0, 0.05) is 56.9 Å². The third-order valence-electron chi connectivity index (χ3n) is 6.31. The molecule has 5 rings (SSSR count). The highest BCUT2D eigenvalue weighted by atomic mass is 19.1. The first-order valence-corrected chi connectivity index (χ1v) is 10.8. The first-order chi connectivity index (χ1) is 15.1. The summed E-state index contributed by atoms with van der Waals surface area (Å²) in [6, 6.07) is 8.85. The molecule has 0 unspecified atom stereocenters. The highest BCUT2D eigenvalue weighted by molar-refractivity contribution is 5.79. The molecule has 3 aromatic rings. The predicted molar refractivity (Wildman–Crippen MR) is 116 cm³/mol. The molecule has 8 nitrogen and oxygen atoms in total. The number of nitrogens with zero attached hydrogens (tertiary/aromatic N) is 7. The molecule has 0 saturated carbocycles. The van der Waals surface area contributed by atoms with Crippen LogP contribution in [0, 0.1) is 18.7 Å². The highest BCUT2D eigenvalue weighted by Gasteiger charge is 2.31. The zero-order chi connectivity index (χ0) is 21.4. The van der Waals surface area contributed by atoms with Gasteiger partial charge in [-0.1, -0.05) is 12.1 Å². The van der Waals surface area contributed by atoms with Gasteiger partial charge in [-0.3, -0.25) is 4.79 Å². The molecule has 2 aliphatic rings. The van der Waals surface area contributed by atoms with Crippen molar-refractivity contribution in [2.45, 2.75) is 19.8 Å². The zero-order valence-corrected chi connectivity index (χ0v) is 17.6. The Labute approximate surface area is 180 Å². The number of amides is 1.